The van der Waals surface area contributed by atoms with E-state index >= 15 is 0 Å². The summed E-state index contributed by atoms with van der Waals surface area (Å²) >= 11 is 0. The predicted octanol–water partition coefficient (Wildman–Crippen LogP) is 0.385. The first-order valence-corrected chi connectivity index (χ1v) is 5.25. The first-order chi connectivity index (χ1) is 8.58. The van der Waals surface area contributed by atoms with Crippen LogP contribution in [-0.4, -0.2) is 28.1 Å². The molecule has 1 aromatic carbocycles. The lowest BCUT2D eigenvalue weighted by Gasteiger charge is -2.11. The molecule has 3 N–H and O–H groups in total. The van der Waals surface area contributed by atoms with Gasteiger partial charge >= 0.3 is 5.97 Å². The van der Waals surface area contributed by atoms with E-state index < -0.39 is 17.9 Å². The van der Waals surface area contributed by atoms with E-state index in [-0.39, 0.29) is 13.0 Å². The molecule has 1 aromatic rings. The van der Waals surface area contributed by atoms with Crippen LogP contribution in [0.3, 0.4) is 0 Å². The Hall–Kier alpha value is -2.32. The average Bonchev–Trinajstić information content (AvgIpc) is 2.38. The van der Waals surface area contributed by atoms with Crippen LogP contribution in [0.2, 0.25) is 0 Å². The molecular weight excluding hydrogens is 234 g/mol. The molecule has 0 fully saturated rings. The van der Waals surface area contributed by atoms with Crippen molar-refractivity contribution < 1.29 is 19.8 Å². The lowest BCUT2D eigenvalue weighted by atomic mass is 10.1. The van der Waals surface area contributed by atoms with E-state index in [1.54, 1.807) is 12.1 Å². The first kappa shape index (κ1) is 13.7. The summed E-state index contributed by atoms with van der Waals surface area (Å²) in [6.45, 7) is -0.114. The van der Waals surface area contributed by atoms with Crippen LogP contribution in [0, 0.1) is 12.3 Å². The van der Waals surface area contributed by atoms with Gasteiger partial charge in [-0.15, -0.1) is 12.3 Å². The highest BCUT2D eigenvalue weighted by Gasteiger charge is 2.19. The summed E-state index contributed by atoms with van der Waals surface area (Å²) in [5.74, 6) is 0.511. The van der Waals surface area contributed by atoms with E-state index in [0.29, 0.717) is 11.1 Å². The zero-order valence-electron chi connectivity index (χ0n) is 9.59. The number of carboxylic acids is 1. The number of hydrogen-bond donors (Lipinski definition) is 3. The number of rotatable bonds is 5. The lowest BCUT2D eigenvalue weighted by Crippen LogP contribution is -2.40. The fraction of sp³-hybridized carbons (Fsp3) is 0.231. The molecule has 94 valence electrons. The number of carbonyl (C=O) groups is 2. The van der Waals surface area contributed by atoms with E-state index in [9.17, 15) is 9.59 Å². The van der Waals surface area contributed by atoms with Crippen LogP contribution in [0.15, 0.2) is 24.3 Å². The second kappa shape index (κ2) is 6.42. The maximum atomic E-state index is 11.7. The van der Waals surface area contributed by atoms with Gasteiger partial charge in [0.05, 0.1) is 6.61 Å². The Kier molecular flexibility index (Phi) is 4.90. The highest BCUT2D eigenvalue weighted by atomic mass is 16.4. The molecule has 0 aromatic heterocycles. The SMILES string of the molecule is C#CCC(NC(=O)c1ccc(CO)cc1)C(=O)O. The molecule has 0 saturated heterocycles. The fourth-order valence-corrected chi connectivity index (χ4v) is 1.32. The van der Waals surface area contributed by atoms with Gasteiger partial charge in [0.2, 0.25) is 0 Å². The van der Waals surface area contributed by atoms with E-state index in [2.05, 4.69) is 11.2 Å². The minimum Gasteiger partial charge on any atom is -0.480 e. The highest BCUT2D eigenvalue weighted by Crippen LogP contribution is 2.05. The monoisotopic (exact) mass is 247 g/mol. The van der Waals surface area contributed by atoms with E-state index in [1.807, 2.05) is 0 Å². The molecule has 0 aliphatic carbocycles. The summed E-state index contributed by atoms with van der Waals surface area (Å²) in [5, 5.41) is 20.0. The normalized spacial score (nSPS) is 11.3. The van der Waals surface area contributed by atoms with Gasteiger partial charge in [0, 0.05) is 12.0 Å². The summed E-state index contributed by atoms with van der Waals surface area (Å²) in [7, 11) is 0. The topological polar surface area (TPSA) is 86.6 Å². The van der Waals surface area contributed by atoms with Crippen molar-refractivity contribution in [3.63, 3.8) is 0 Å². The van der Waals surface area contributed by atoms with Gasteiger partial charge in [-0.2, -0.15) is 0 Å². The molecule has 0 saturated carbocycles. The third-order valence-electron chi connectivity index (χ3n) is 2.32. The van der Waals surface area contributed by atoms with Crippen LogP contribution in [0.25, 0.3) is 0 Å². The van der Waals surface area contributed by atoms with Crippen LogP contribution in [0.4, 0.5) is 0 Å². The number of aliphatic hydroxyl groups is 1. The van der Waals surface area contributed by atoms with Crippen molar-refractivity contribution in [3.8, 4) is 12.3 Å². The minimum absolute atomic E-state index is 0.0736. The molecule has 5 nitrogen and oxygen atoms in total. The number of nitrogens with one attached hydrogen (secondary N) is 1. The summed E-state index contributed by atoms with van der Waals surface area (Å²) in [5.41, 5.74) is 0.987. The van der Waals surface area contributed by atoms with Gasteiger partial charge in [-0.05, 0) is 17.7 Å². The largest absolute Gasteiger partial charge is 0.480 e. The van der Waals surface area contributed by atoms with Gasteiger partial charge in [-0.3, -0.25) is 4.79 Å². The molecule has 0 aliphatic rings. The zero-order chi connectivity index (χ0) is 13.5. The van der Waals surface area contributed by atoms with Gasteiger partial charge in [-0.1, -0.05) is 12.1 Å². The molecule has 0 radical (unpaired) electrons. The zero-order valence-corrected chi connectivity index (χ0v) is 9.59. The Morgan fingerprint density at radius 1 is 1.33 bits per heavy atom. The molecule has 1 rings (SSSR count). The number of hydrogen-bond acceptors (Lipinski definition) is 3. The van der Waals surface area contributed by atoms with Gasteiger partial charge in [0.25, 0.3) is 5.91 Å². The van der Waals surface area contributed by atoms with Gasteiger partial charge < -0.3 is 15.5 Å². The number of aliphatic carboxylic acids is 1. The smallest absolute Gasteiger partial charge is 0.327 e. The maximum absolute atomic E-state index is 11.7. The standard InChI is InChI=1S/C13H13NO4/c1-2-3-11(13(17)18)14-12(16)10-6-4-9(8-15)5-7-10/h1,4-7,11,15H,3,8H2,(H,14,16)(H,17,18). The van der Waals surface area contributed by atoms with Gasteiger partial charge in [0.15, 0.2) is 0 Å². The molecular formula is C13H13NO4. The van der Waals surface area contributed by atoms with E-state index in [1.165, 1.54) is 12.1 Å². The molecule has 5 heteroatoms. The Labute approximate surface area is 104 Å². The quantitative estimate of drug-likeness (QED) is 0.657. The van der Waals surface area contributed by atoms with E-state index in [4.69, 9.17) is 16.6 Å². The lowest BCUT2D eigenvalue weighted by molar-refractivity contribution is -0.139. The van der Waals surface area contributed by atoms with Crippen molar-refractivity contribution in [1.29, 1.82) is 0 Å². The van der Waals surface area contributed by atoms with Crippen LogP contribution < -0.4 is 5.32 Å². The summed E-state index contributed by atoms with van der Waals surface area (Å²) < 4.78 is 0. The van der Waals surface area contributed by atoms with Crippen LogP contribution in [-0.2, 0) is 11.4 Å². The Morgan fingerprint density at radius 3 is 2.39 bits per heavy atom. The summed E-state index contributed by atoms with van der Waals surface area (Å²) in [6.07, 6.45) is 4.95. The molecule has 1 unspecified atom stereocenters. The number of carboxylic acid groups (broad SMARTS) is 1. The molecule has 1 amide bonds. The first-order valence-electron chi connectivity index (χ1n) is 5.25. The van der Waals surface area contributed by atoms with Crippen LogP contribution in [0.5, 0.6) is 0 Å². The number of amides is 1. The number of benzene rings is 1. The van der Waals surface area contributed by atoms with Crippen molar-refractivity contribution in [2.24, 2.45) is 0 Å². The van der Waals surface area contributed by atoms with Crippen molar-refractivity contribution in [2.45, 2.75) is 19.1 Å². The third-order valence-corrected chi connectivity index (χ3v) is 2.32. The van der Waals surface area contributed by atoms with Gasteiger partial charge in [0.1, 0.15) is 6.04 Å². The highest BCUT2D eigenvalue weighted by molar-refractivity contribution is 5.96. The van der Waals surface area contributed by atoms with Crippen molar-refractivity contribution >= 4 is 11.9 Å². The van der Waals surface area contributed by atoms with Crippen molar-refractivity contribution in [2.75, 3.05) is 0 Å². The fourth-order valence-electron chi connectivity index (χ4n) is 1.32. The molecule has 0 spiro atoms. The van der Waals surface area contributed by atoms with Crippen molar-refractivity contribution in [1.82, 2.24) is 5.32 Å². The van der Waals surface area contributed by atoms with Crippen LogP contribution in [0.1, 0.15) is 22.3 Å². The van der Waals surface area contributed by atoms with Crippen LogP contribution >= 0.6 is 0 Å². The molecule has 0 bridgehead atoms. The number of aliphatic hydroxyl groups excluding tert-OH is 1. The number of terminal acetylenes is 1. The summed E-state index contributed by atoms with van der Waals surface area (Å²) in [6, 6.07) is 5.10. The maximum Gasteiger partial charge on any atom is 0.327 e. The Morgan fingerprint density at radius 2 is 1.94 bits per heavy atom. The Balaban J connectivity index is 2.74. The predicted molar refractivity (Wildman–Crippen MR) is 64.7 cm³/mol. The minimum atomic E-state index is -1.17. The van der Waals surface area contributed by atoms with E-state index in [0.717, 1.165) is 0 Å². The second-order valence-electron chi connectivity index (χ2n) is 3.63. The van der Waals surface area contributed by atoms with Crippen molar-refractivity contribution in [3.05, 3.63) is 35.4 Å². The molecule has 18 heavy (non-hydrogen) atoms. The third kappa shape index (κ3) is 3.61. The second-order valence-corrected chi connectivity index (χ2v) is 3.63. The molecule has 1 atom stereocenters. The Bertz CT molecular complexity index is 473. The molecule has 0 aliphatic heterocycles. The summed E-state index contributed by atoms with van der Waals surface area (Å²) in [4.78, 5) is 22.5. The number of carbonyl (C=O) groups excluding carboxylic acids is 1. The molecule has 0 heterocycles. The van der Waals surface area contributed by atoms with Gasteiger partial charge in [-0.25, -0.2) is 4.79 Å². The average molecular weight is 247 g/mol.